The Morgan fingerprint density at radius 1 is 1.25 bits per heavy atom. The van der Waals surface area contributed by atoms with Crippen molar-refractivity contribution in [2.75, 3.05) is 40.0 Å². The highest BCUT2D eigenvalue weighted by molar-refractivity contribution is 5.03. The molecule has 0 spiro atoms. The van der Waals surface area contributed by atoms with Gasteiger partial charge in [-0.15, -0.1) is 0 Å². The zero-order valence-electron chi connectivity index (χ0n) is 12.9. The van der Waals surface area contributed by atoms with Crippen LogP contribution in [0.2, 0.25) is 0 Å². The molecule has 1 aliphatic carbocycles. The van der Waals surface area contributed by atoms with Crippen molar-refractivity contribution in [2.24, 2.45) is 5.84 Å². The van der Waals surface area contributed by atoms with Crippen LogP contribution in [0.5, 0.6) is 0 Å². The van der Waals surface area contributed by atoms with Gasteiger partial charge >= 0.3 is 0 Å². The molecular weight excluding hydrogens is 254 g/mol. The fraction of sp³-hybridized carbons (Fsp3) is 1.00. The number of ether oxygens (including phenoxy) is 2. The molecule has 1 saturated heterocycles. The Morgan fingerprint density at radius 2 is 1.95 bits per heavy atom. The molecular formula is C15H31N3O2. The minimum Gasteiger partial charge on any atom is -0.385 e. The van der Waals surface area contributed by atoms with Crippen LogP contribution < -0.4 is 11.3 Å². The first-order valence-electron chi connectivity index (χ1n) is 8.11. The monoisotopic (exact) mass is 285 g/mol. The number of hydrogen-bond donors (Lipinski definition) is 2. The third kappa shape index (κ3) is 3.71. The standard InChI is InChI=1S/C15H31N3O2/c1-19-11-5-2-6-14(17-16)15(7-3-4-8-15)18-9-12-20-13-10-18/h14,17H,2-13,16H2,1H3. The van der Waals surface area contributed by atoms with Crippen molar-refractivity contribution in [3.63, 3.8) is 0 Å². The first kappa shape index (κ1) is 16.2. The molecule has 0 bridgehead atoms. The van der Waals surface area contributed by atoms with Crippen LogP contribution in [-0.2, 0) is 9.47 Å². The summed E-state index contributed by atoms with van der Waals surface area (Å²) < 4.78 is 10.7. The van der Waals surface area contributed by atoms with Crippen LogP contribution in [0.1, 0.15) is 44.9 Å². The second kappa shape index (κ2) is 8.29. The lowest BCUT2D eigenvalue weighted by Crippen LogP contribution is -2.63. The van der Waals surface area contributed by atoms with Crippen LogP contribution in [0, 0.1) is 0 Å². The molecule has 0 aromatic heterocycles. The number of nitrogens with zero attached hydrogens (tertiary/aromatic N) is 1. The fourth-order valence-electron chi connectivity index (χ4n) is 3.98. The summed E-state index contributed by atoms with van der Waals surface area (Å²) in [6, 6.07) is 0.389. The molecule has 1 heterocycles. The van der Waals surface area contributed by atoms with Gasteiger partial charge < -0.3 is 9.47 Å². The van der Waals surface area contributed by atoms with Gasteiger partial charge in [0.05, 0.1) is 13.2 Å². The number of hydrazine groups is 1. The molecule has 118 valence electrons. The van der Waals surface area contributed by atoms with Gasteiger partial charge in [0.2, 0.25) is 0 Å². The summed E-state index contributed by atoms with van der Waals surface area (Å²) in [5, 5.41) is 0. The molecule has 2 aliphatic rings. The third-order valence-corrected chi connectivity index (χ3v) is 5.05. The SMILES string of the molecule is COCCCCC(NN)C1(N2CCOCC2)CCCC1. The van der Waals surface area contributed by atoms with Gasteiger partial charge in [-0.3, -0.25) is 16.2 Å². The van der Waals surface area contributed by atoms with Crippen molar-refractivity contribution in [2.45, 2.75) is 56.5 Å². The minimum atomic E-state index is 0.256. The number of nitrogens with two attached hydrogens (primary N) is 1. The summed E-state index contributed by atoms with van der Waals surface area (Å²) >= 11 is 0. The van der Waals surface area contributed by atoms with Gasteiger partial charge in [0.25, 0.3) is 0 Å². The Hall–Kier alpha value is -0.200. The van der Waals surface area contributed by atoms with Crippen LogP contribution in [0.15, 0.2) is 0 Å². The van der Waals surface area contributed by atoms with E-state index in [0.29, 0.717) is 6.04 Å². The van der Waals surface area contributed by atoms with Crippen molar-refractivity contribution in [3.8, 4) is 0 Å². The predicted octanol–water partition coefficient (Wildman–Crippen LogP) is 1.28. The van der Waals surface area contributed by atoms with Gasteiger partial charge in [-0.25, -0.2) is 0 Å². The van der Waals surface area contributed by atoms with E-state index in [1.54, 1.807) is 7.11 Å². The number of methoxy groups -OCH3 is 1. The lowest BCUT2D eigenvalue weighted by Gasteiger charge is -2.48. The second-order valence-corrected chi connectivity index (χ2v) is 6.12. The highest BCUT2D eigenvalue weighted by Crippen LogP contribution is 2.39. The van der Waals surface area contributed by atoms with Crippen molar-refractivity contribution in [1.82, 2.24) is 10.3 Å². The third-order valence-electron chi connectivity index (χ3n) is 5.05. The smallest absolute Gasteiger partial charge is 0.0594 e. The van der Waals surface area contributed by atoms with Crippen molar-refractivity contribution in [1.29, 1.82) is 0 Å². The molecule has 1 aliphatic heterocycles. The predicted molar refractivity (Wildman–Crippen MR) is 80.4 cm³/mol. The van der Waals surface area contributed by atoms with Crippen LogP contribution in [0.25, 0.3) is 0 Å². The fourth-order valence-corrected chi connectivity index (χ4v) is 3.98. The van der Waals surface area contributed by atoms with E-state index in [4.69, 9.17) is 15.3 Å². The molecule has 0 aromatic rings. The maximum absolute atomic E-state index is 5.92. The van der Waals surface area contributed by atoms with E-state index < -0.39 is 0 Å². The summed E-state index contributed by atoms with van der Waals surface area (Å²) in [5.41, 5.74) is 3.39. The summed E-state index contributed by atoms with van der Waals surface area (Å²) in [6.07, 6.45) is 8.62. The summed E-state index contributed by atoms with van der Waals surface area (Å²) in [6.45, 7) is 4.68. The van der Waals surface area contributed by atoms with Crippen molar-refractivity contribution in [3.05, 3.63) is 0 Å². The van der Waals surface area contributed by atoms with E-state index in [1.807, 2.05) is 0 Å². The van der Waals surface area contributed by atoms with Gasteiger partial charge in [-0.05, 0) is 32.1 Å². The normalized spacial score (nSPS) is 24.9. The summed E-state index contributed by atoms with van der Waals surface area (Å²) in [5.74, 6) is 5.92. The molecule has 0 radical (unpaired) electrons. The highest BCUT2D eigenvalue weighted by Gasteiger charge is 2.45. The lowest BCUT2D eigenvalue weighted by atomic mass is 9.83. The molecule has 1 saturated carbocycles. The number of hydrogen-bond acceptors (Lipinski definition) is 5. The number of rotatable bonds is 8. The zero-order valence-corrected chi connectivity index (χ0v) is 12.9. The quantitative estimate of drug-likeness (QED) is 0.400. The van der Waals surface area contributed by atoms with E-state index in [9.17, 15) is 0 Å². The zero-order chi connectivity index (χ0) is 14.3. The summed E-state index contributed by atoms with van der Waals surface area (Å²) in [4.78, 5) is 2.64. The van der Waals surface area contributed by atoms with Crippen LogP contribution in [0.3, 0.4) is 0 Å². The van der Waals surface area contributed by atoms with Gasteiger partial charge in [-0.1, -0.05) is 12.8 Å². The molecule has 1 unspecified atom stereocenters. The second-order valence-electron chi connectivity index (χ2n) is 6.12. The van der Waals surface area contributed by atoms with Crippen LogP contribution in [-0.4, -0.2) is 56.5 Å². The van der Waals surface area contributed by atoms with Gasteiger partial charge in [0.15, 0.2) is 0 Å². The Kier molecular flexibility index (Phi) is 6.71. The van der Waals surface area contributed by atoms with E-state index in [2.05, 4.69) is 10.3 Å². The Bertz CT molecular complexity index is 264. The van der Waals surface area contributed by atoms with Gasteiger partial charge in [0.1, 0.15) is 0 Å². The molecule has 5 nitrogen and oxygen atoms in total. The first-order valence-corrected chi connectivity index (χ1v) is 8.11. The minimum absolute atomic E-state index is 0.256. The molecule has 2 rings (SSSR count). The van der Waals surface area contributed by atoms with Crippen LogP contribution >= 0.6 is 0 Å². The molecule has 1 atom stereocenters. The van der Waals surface area contributed by atoms with Crippen LogP contribution in [0.4, 0.5) is 0 Å². The molecule has 5 heteroatoms. The van der Waals surface area contributed by atoms with E-state index >= 15 is 0 Å². The molecule has 20 heavy (non-hydrogen) atoms. The molecule has 2 fully saturated rings. The average Bonchev–Trinajstić information content (AvgIpc) is 2.99. The molecule has 0 aromatic carbocycles. The van der Waals surface area contributed by atoms with Crippen molar-refractivity contribution >= 4 is 0 Å². The van der Waals surface area contributed by atoms with E-state index in [0.717, 1.165) is 45.8 Å². The van der Waals surface area contributed by atoms with Gasteiger partial charge in [0, 0.05) is 38.4 Å². The number of nitrogens with one attached hydrogen (secondary N) is 1. The average molecular weight is 285 g/mol. The number of morpholine rings is 1. The maximum Gasteiger partial charge on any atom is 0.0594 e. The molecule has 3 N–H and O–H groups in total. The van der Waals surface area contributed by atoms with Gasteiger partial charge in [-0.2, -0.15) is 0 Å². The summed E-state index contributed by atoms with van der Waals surface area (Å²) in [7, 11) is 1.77. The van der Waals surface area contributed by atoms with Crippen molar-refractivity contribution < 1.29 is 9.47 Å². The highest BCUT2D eigenvalue weighted by atomic mass is 16.5. The Labute approximate surface area is 123 Å². The largest absolute Gasteiger partial charge is 0.385 e. The first-order chi connectivity index (χ1) is 9.83. The van der Waals surface area contributed by atoms with E-state index in [1.165, 1.54) is 32.1 Å². The molecule has 0 amide bonds. The lowest BCUT2D eigenvalue weighted by molar-refractivity contribution is -0.0373. The van der Waals surface area contributed by atoms with E-state index in [-0.39, 0.29) is 5.54 Å². The number of unbranched alkanes of at least 4 members (excludes halogenated alkanes) is 1. The maximum atomic E-state index is 5.92. The Balaban J connectivity index is 1.96. The topological polar surface area (TPSA) is 59.8 Å². The Morgan fingerprint density at radius 3 is 2.55 bits per heavy atom.